The van der Waals surface area contributed by atoms with E-state index in [0.717, 1.165) is 17.7 Å². The molecule has 1 atom stereocenters. The van der Waals surface area contributed by atoms with E-state index >= 15 is 0 Å². The molecule has 0 heterocycles. The number of methoxy groups -OCH3 is 1. The van der Waals surface area contributed by atoms with E-state index in [1.165, 1.54) is 0 Å². The van der Waals surface area contributed by atoms with E-state index in [4.69, 9.17) is 4.74 Å². The number of carbonyl (C=O) groups excluding carboxylic acids is 1. The van der Waals surface area contributed by atoms with Crippen LogP contribution in [0.3, 0.4) is 0 Å². The van der Waals surface area contributed by atoms with Crippen LogP contribution in [0.2, 0.25) is 0 Å². The molecular weight excluding hydrogens is 188 g/mol. The normalized spacial score (nSPS) is 12.2. The van der Waals surface area contributed by atoms with Gasteiger partial charge in [-0.2, -0.15) is 0 Å². The summed E-state index contributed by atoms with van der Waals surface area (Å²) in [7, 11) is 1.64. The fraction of sp³-hybridized carbons (Fsp3) is 0.462. The lowest BCUT2D eigenvalue weighted by atomic mass is 9.97. The summed E-state index contributed by atoms with van der Waals surface area (Å²) >= 11 is 0. The van der Waals surface area contributed by atoms with Gasteiger partial charge in [0.1, 0.15) is 11.5 Å². The van der Waals surface area contributed by atoms with Gasteiger partial charge in [-0.15, -0.1) is 0 Å². The first kappa shape index (κ1) is 11.8. The van der Waals surface area contributed by atoms with Crippen LogP contribution in [0, 0.1) is 5.92 Å². The van der Waals surface area contributed by atoms with Crippen molar-refractivity contribution < 1.29 is 9.53 Å². The minimum absolute atomic E-state index is 0.159. The molecule has 1 rings (SSSR count). The lowest BCUT2D eigenvalue weighted by Crippen LogP contribution is -2.12. The molecule has 0 spiro atoms. The SMILES string of the molecule is CCC(C)C(=O)Cc1ccc(OC)cc1. The van der Waals surface area contributed by atoms with Gasteiger partial charge >= 0.3 is 0 Å². The number of carbonyl (C=O) groups is 1. The second kappa shape index (κ2) is 5.54. The fourth-order valence-corrected chi connectivity index (χ4v) is 1.35. The van der Waals surface area contributed by atoms with Crippen LogP contribution in [0.4, 0.5) is 0 Å². The molecule has 0 bridgehead atoms. The number of ketones is 1. The van der Waals surface area contributed by atoms with E-state index in [9.17, 15) is 4.79 Å². The van der Waals surface area contributed by atoms with Crippen LogP contribution >= 0.6 is 0 Å². The van der Waals surface area contributed by atoms with Gasteiger partial charge < -0.3 is 4.74 Å². The van der Waals surface area contributed by atoms with Crippen LogP contribution < -0.4 is 4.74 Å². The van der Waals surface area contributed by atoms with Crippen LogP contribution in [0.1, 0.15) is 25.8 Å². The zero-order valence-electron chi connectivity index (χ0n) is 9.62. The second-order valence-corrected chi connectivity index (χ2v) is 3.80. The maximum atomic E-state index is 11.7. The third-order valence-corrected chi connectivity index (χ3v) is 2.70. The molecule has 0 radical (unpaired) electrons. The van der Waals surface area contributed by atoms with E-state index in [1.807, 2.05) is 38.1 Å². The Morgan fingerprint density at radius 1 is 1.33 bits per heavy atom. The molecule has 1 unspecified atom stereocenters. The number of hydrogen-bond acceptors (Lipinski definition) is 2. The van der Waals surface area contributed by atoms with Gasteiger partial charge in [-0.1, -0.05) is 26.0 Å². The van der Waals surface area contributed by atoms with Gasteiger partial charge in [-0.25, -0.2) is 0 Å². The third kappa shape index (κ3) is 3.39. The van der Waals surface area contributed by atoms with Gasteiger partial charge in [0.25, 0.3) is 0 Å². The Morgan fingerprint density at radius 2 is 1.93 bits per heavy atom. The van der Waals surface area contributed by atoms with Gasteiger partial charge in [0.15, 0.2) is 0 Å². The highest BCUT2D eigenvalue weighted by molar-refractivity contribution is 5.82. The average Bonchev–Trinajstić information content (AvgIpc) is 2.29. The molecule has 1 aromatic carbocycles. The summed E-state index contributed by atoms with van der Waals surface area (Å²) in [5.41, 5.74) is 1.06. The van der Waals surface area contributed by atoms with E-state index in [-0.39, 0.29) is 5.92 Å². The van der Waals surface area contributed by atoms with Crippen molar-refractivity contribution in [2.45, 2.75) is 26.7 Å². The highest BCUT2D eigenvalue weighted by Crippen LogP contribution is 2.14. The highest BCUT2D eigenvalue weighted by atomic mass is 16.5. The molecule has 0 saturated carbocycles. The molecule has 0 saturated heterocycles. The first-order valence-electron chi connectivity index (χ1n) is 5.33. The average molecular weight is 206 g/mol. The third-order valence-electron chi connectivity index (χ3n) is 2.70. The summed E-state index contributed by atoms with van der Waals surface area (Å²) in [4.78, 5) is 11.7. The second-order valence-electron chi connectivity index (χ2n) is 3.80. The van der Waals surface area contributed by atoms with E-state index in [1.54, 1.807) is 7.11 Å². The number of rotatable bonds is 5. The standard InChI is InChI=1S/C13H18O2/c1-4-10(2)13(14)9-11-5-7-12(15-3)8-6-11/h5-8,10H,4,9H2,1-3H3. The Labute approximate surface area is 91.3 Å². The van der Waals surface area contributed by atoms with Crippen molar-refractivity contribution in [2.24, 2.45) is 5.92 Å². The zero-order valence-corrected chi connectivity index (χ0v) is 9.62. The largest absolute Gasteiger partial charge is 0.497 e. The Bertz CT molecular complexity index is 314. The molecule has 0 N–H and O–H groups in total. The maximum absolute atomic E-state index is 11.7. The molecule has 0 amide bonds. The Kier molecular flexibility index (Phi) is 4.35. The Morgan fingerprint density at radius 3 is 2.40 bits per heavy atom. The molecule has 82 valence electrons. The summed E-state index contributed by atoms with van der Waals surface area (Å²) in [5, 5.41) is 0. The maximum Gasteiger partial charge on any atom is 0.140 e. The van der Waals surface area contributed by atoms with E-state index < -0.39 is 0 Å². The first-order chi connectivity index (χ1) is 7.17. The van der Waals surface area contributed by atoms with Crippen molar-refractivity contribution in [2.75, 3.05) is 7.11 Å². The number of Topliss-reactive ketones (excluding diaryl/α,β-unsaturated/α-hetero) is 1. The molecule has 0 aliphatic rings. The molecule has 0 aliphatic heterocycles. The molecular formula is C13H18O2. The van der Waals surface area contributed by atoms with E-state index in [0.29, 0.717) is 12.2 Å². The van der Waals surface area contributed by atoms with Crippen LogP contribution in [-0.4, -0.2) is 12.9 Å². The van der Waals surface area contributed by atoms with Gasteiger partial charge in [-0.05, 0) is 24.1 Å². The number of ether oxygens (including phenoxy) is 1. The van der Waals surface area contributed by atoms with Crippen molar-refractivity contribution in [1.29, 1.82) is 0 Å². The molecule has 2 nitrogen and oxygen atoms in total. The van der Waals surface area contributed by atoms with Crippen molar-refractivity contribution >= 4 is 5.78 Å². The van der Waals surface area contributed by atoms with Crippen LogP contribution in [0.5, 0.6) is 5.75 Å². The lowest BCUT2D eigenvalue weighted by Gasteiger charge is -2.07. The smallest absolute Gasteiger partial charge is 0.140 e. The van der Waals surface area contributed by atoms with Crippen molar-refractivity contribution in [3.8, 4) is 5.75 Å². The lowest BCUT2D eigenvalue weighted by molar-refractivity contribution is -0.121. The van der Waals surface area contributed by atoms with E-state index in [2.05, 4.69) is 0 Å². The van der Waals surface area contributed by atoms with Gasteiger partial charge in [0.05, 0.1) is 7.11 Å². The van der Waals surface area contributed by atoms with Gasteiger partial charge in [0.2, 0.25) is 0 Å². The van der Waals surface area contributed by atoms with Gasteiger partial charge in [-0.3, -0.25) is 4.79 Å². The highest BCUT2D eigenvalue weighted by Gasteiger charge is 2.10. The molecule has 0 fully saturated rings. The molecule has 1 aromatic rings. The minimum Gasteiger partial charge on any atom is -0.497 e. The summed E-state index contributed by atoms with van der Waals surface area (Å²) < 4.78 is 5.06. The topological polar surface area (TPSA) is 26.3 Å². The first-order valence-corrected chi connectivity index (χ1v) is 5.33. The summed E-state index contributed by atoms with van der Waals surface area (Å²) in [6.07, 6.45) is 1.44. The zero-order chi connectivity index (χ0) is 11.3. The quantitative estimate of drug-likeness (QED) is 0.740. The van der Waals surface area contributed by atoms with Crippen molar-refractivity contribution in [3.05, 3.63) is 29.8 Å². The Balaban J connectivity index is 2.61. The predicted molar refractivity (Wildman–Crippen MR) is 61.2 cm³/mol. The summed E-state index contributed by atoms with van der Waals surface area (Å²) in [6.45, 7) is 4.02. The van der Waals surface area contributed by atoms with Gasteiger partial charge in [0, 0.05) is 12.3 Å². The van der Waals surface area contributed by atoms with Crippen LogP contribution in [-0.2, 0) is 11.2 Å². The molecule has 0 aromatic heterocycles. The molecule has 15 heavy (non-hydrogen) atoms. The summed E-state index contributed by atoms with van der Waals surface area (Å²) in [5.74, 6) is 1.30. The van der Waals surface area contributed by atoms with Crippen molar-refractivity contribution in [3.63, 3.8) is 0 Å². The predicted octanol–water partition coefficient (Wildman–Crippen LogP) is 2.85. The van der Waals surface area contributed by atoms with Crippen LogP contribution in [0.15, 0.2) is 24.3 Å². The van der Waals surface area contributed by atoms with Crippen molar-refractivity contribution in [1.82, 2.24) is 0 Å². The summed E-state index contributed by atoms with van der Waals surface area (Å²) in [6, 6.07) is 7.66. The Hall–Kier alpha value is -1.31. The van der Waals surface area contributed by atoms with Crippen LogP contribution in [0.25, 0.3) is 0 Å². The fourth-order valence-electron chi connectivity index (χ4n) is 1.35. The number of benzene rings is 1. The molecule has 0 aliphatic carbocycles. The monoisotopic (exact) mass is 206 g/mol. The number of hydrogen-bond donors (Lipinski definition) is 0. The molecule has 2 heteroatoms. The minimum atomic E-state index is 0.159.